The van der Waals surface area contributed by atoms with E-state index in [1.165, 1.54) is 37.0 Å². The number of hydrogen-bond donors (Lipinski definition) is 0. The van der Waals surface area contributed by atoms with E-state index in [0.29, 0.717) is 10.9 Å². The van der Waals surface area contributed by atoms with Gasteiger partial charge < -0.3 is 4.74 Å². The van der Waals surface area contributed by atoms with Crippen LogP contribution in [-0.2, 0) is 0 Å². The fraction of sp³-hybridized carbons (Fsp3) is 0.111. The Hall–Kier alpha value is -1.82. The van der Waals surface area contributed by atoms with Gasteiger partial charge >= 0.3 is 0 Å². The Morgan fingerprint density at radius 3 is 2.87 bits per heavy atom. The molecule has 0 atom stereocenters. The van der Waals surface area contributed by atoms with E-state index in [9.17, 15) is 4.79 Å². The first-order valence-corrected chi connectivity index (χ1v) is 4.99. The van der Waals surface area contributed by atoms with Crippen LogP contribution < -0.4 is 4.74 Å². The van der Waals surface area contributed by atoms with E-state index in [1.807, 2.05) is 0 Å². The van der Waals surface area contributed by atoms with Gasteiger partial charge in [-0.15, -0.1) is 0 Å². The number of methoxy groups -OCH3 is 1. The second-order valence-corrected chi connectivity index (χ2v) is 3.44. The molecule has 5 nitrogen and oxygen atoms in total. The molecule has 0 N–H and O–H groups in total. The van der Waals surface area contributed by atoms with Gasteiger partial charge in [-0.3, -0.25) is 9.78 Å². The van der Waals surface area contributed by atoms with Crippen molar-refractivity contribution in [2.24, 2.45) is 0 Å². The molecule has 2 aromatic rings. The fourth-order valence-electron chi connectivity index (χ4n) is 1.00. The van der Waals surface area contributed by atoms with Crippen LogP contribution in [0.15, 0.2) is 24.0 Å². The second kappa shape index (κ2) is 4.14. The highest BCUT2D eigenvalue weighted by Gasteiger charge is 2.14. The van der Waals surface area contributed by atoms with Crippen LogP contribution in [0.25, 0.3) is 0 Å². The van der Waals surface area contributed by atoms with Gasteiger partial charge in [-0.1, -0.05) is 11.3 Å². The molecular weight excluding hydrogens is 214 g/mol. The Morgan fingerprint density at radius 1 is 1.40 bits per heavy atom. The molecule has 0 saturated carbocycles. The summed E-state index contributed by atoms with van der Waals surface area (Å²) in [6.45, 7) is 0. The highest BCUT2D eigenvalue weighted by molar-refractivity contribution is 7.11. The van der Waals surface area contributed by atoms with Crippen molar-refractivity contribution >= 4 is 17.1 Å². The smallest absolute Gasteiger partial charge is 0.273 e. The lowest BCUT2D eigenvalue weighted by Gasteiger charge is -1.94. The largest absolute Gasteiger partial charge is 0.473 e. The molecule has 0 aliphatic rings. The third-order valence-electron chi connectivity index (χ3n) is 1.69. The average Bonchev–Trinajstić information content (AvgIpc) is 2.78. The molecule has 2 heterocycles. The van der Waals surface area contributed by atoms with Gasteiger partial charge in [-0.2, -0.15) is 4.98 Å². The van der Waals surface area contributed by atoms with Gasteiger partial charge in [0.1, 0.15) is 11.4 Å². The topological polar surface area (TPSA) is 65.0 Å². The summed E-state index contributed by atoms with van der Waals surface area (Å²) in [5, 5.41) is 2.10. The minimum atomic E-state index is -0.248. The summed E-state index contributed by atoms with van der Waals surface area (Å²) in [6.07, 6.45) is 4.39. The number of thiazole rings is 1. The third kappa shape index (κ3) is 1.99. The zero-order valence-electron chi connectivity index (χ0n) is 7.88. The molecule has 0 saturated heterocycles. The van der Waals surface area contributed by atoms with Crippen molar-refractivity contribution in [3.63, 3.8) is 0 Å². The third-order valence-corrected chi connectivity index (χ3v) is 2.49. The van der Waals surface area contributed by atoms with Crippen LogP contribution in [0, 0.1) is 0 Å². The molecule has 2 rings (SSSR count). The monoisotopic (exact) mass is 221 g/mol. The predicted molar refractivity (Wildman–Crippen MR) is 54.1 cm³/mol. The van der Waals surface area contributed by atoms with Gasteiger partial charge in [-0.25, -0.2) is 4.98 Å². The molecule has 0 amide bonds. The Labute approximate surface area is 89.8 Å². The van der Waals surface area contributed by atoms with Crippen molar-refractivity contribution in [3.05, 3.63) is 35.4 Å². The highest BCUT2D eigenvalue weighted by Crippen LogP contribution is 2.18. The Balaban J connectivity index is 2.29. The lowest BCUT2D eigenvalue weighted by atomic mass is 10.2. The number of carbonyl (C=O) groups excluding carboxylic acids is 1. The van der Waals surface area contributed by atoms with Crippen molar-refractivity contribution in [3.8, 4) is 5.19 Å². The minimum Gasteiger partial charge on any atom is -0.473 e. The molecule has 0 aliphatic heterocycles. The summed E-state index contributed by atoms with van der Waals surface area (Å²) >= 11 is 1.27. The molecule has 0 unspecified atom stereocenters. The minimum absolute atomic E-state index is 0.248. The van der Waals surface area contributed by atoms with Crippen LogP contribution >= 0.6 is 11.3 Å². The maximum atomic E-state index is 11.8. The van der Waals surface area contributed by atoms with Gasteiger partial charge in [0.05, 0.1) is 13.3 Å². The maximum absolute atomic E-state index is 11.8. The van der Waals surface area contributed by atoms with Crippen LogP contribution in [0.2, 0.25) is 0 Å². The van der Waals surface area contributed by atoms with E-state index in [4.69, 9.17) is 4.74 Å². The van der Waals surface area contributed by atoms with Gasteiger partial charge in [0.15, 0.2) is 0 Å². The highest BCUT2D eigenvalue weighted by atomic mass is 32.1. The van der Waals surface area contributed by atoms with Gasteiger partial charge in [-0.05, 0) is 0 Å². The second-order valence-electron chi connectivity index (χ2n) is 2.62. The van der Waals surface area contributed by atoms with Crippen LogP contribution in [0.3, 0.4) is 0 Å². The van der Waals surface area contributed by atoms with E-state index in [1.54, 1.807) is 5.38 Å². The number of ketones is 1. The average molecular weight is 221 g/mol. The molecule has 0 spiro atoms. The summed E-state index contributed by atoms with van der Waals surface area (Å²) in [5.74, 6) is -0.248. The lowest BCUT2D eigenvalue weighted by molar-refractivity contribution is 0.102. The van der Waals surface area contributed by atoms with Crippen molar-refractivity contribution in [1.82, 2.24) is 15.0 Å². The standard InChI is InChI=1S/C9H7N3O2S/c1-14-9-12-7(5-15-9)8(13)6-4-10-2-3-11-6/h2-5H,1H3. The summed E-state index contributed by atoms with van der Waals surface area (Å²) in [5.41, 5.74) is 0.614. The Bertz CT molecular complexity index is 469. The number of nitrogens with zero attached hydrogens (tertiary/aromatic N) is 3. The quantitative estimate of drug-likeness (QED) is 0.728. The zero-order valence-corrected chi connectivity index (χ0v) is 8.69. The lowest BCUT2D eigenvalue weighted by Crippen LogP contribution is -2.04. The van der Waals surface area contributed by atoms with E-state index in [0.717, 1.165) is 0 Å². The van der Waals surface area contributed by atoms with Crippen LogP contribution in [0.4, 0.5) is 0 Å². The first-order valence-electron chi connectivity index (χ1n) is 4.11. The van der Waals surface area contributed by atoms with Gasteiger partial charge in [0.2, 0.25) is 5.78 Å². The summed E-state index contributed by atoms with van der Waals surface area (Å²) in [4.78, 5) is 23.5. The van der Waals surface area contributed by atoms with E-state index < -0.39 is 0 Å². The normalized spacial score (nSPS) is 9.93. The molecule has 0 fully saturated rings. The van der Waals surface area contributed by atoms with Crippen LogP contribution in [-0.4, -0.2) is 27.8 Å². The van der Waals surface area contributed by atoms with Gasteiger partial charge in [0, 0.05) is 17.8 Å². The molecule has 2 aromatic heterocycles. The van der Waals surface area contributed by atoms with E-state index in [-0.39, 0.29) is 11.5 Å². The van der Waals surface area contributed by atoms with Crippen molar-refractivity contribution in [2.75, 3.05) is 7.11 Å². The SMILES string of the molecule is COc1nc(C(=O)c2cnccn2)cs1. The Morgan fingerprint density at radius 2 is 2.27 bits per heavy atom. The molecule has 0 bridgehead atoms. The maximum Gasteiger partial charge on any atom is 0.273 e. The van der Waals surface area contributed by atoms with Gasteiger partial charge in [0.25, 0.3) is 5.19 Å². The number of aromatic nitrogens is 3. The molecule has 0 aliphatic carbocycles. The molecule has 76 valence electrons. The number of hydrogen-bond acceptors (Lipinski definition) is 6. The van der Waals surface area contributed by atoms with E-state index >= 15 is 0 Å². The Kier molecular flexibility index (Phi) is 2.68. The van der Waals surface area contributed by atoms with E-state index in [2.05, 4.69) is 15.0 Å². The summed E-state index contributed by atoms with van der Waals surface area (Å²) < 4.78 is 4.90. The van der Waals surface area contributed by atoms with Crippen LogP contribution in [0.1, 0.15) is 16.2 Å². The van der Waals surface area contributed by atoms with Crippen molar-refractivity contribution in [1.29, 1.82) is 0 Å². The predicted octanol–water partition coefficient (Wildman–Crippen LogP) is 1.17. The number of ether oxygens (including phenoxy) is 1. The first-order chi connectivity index (χ1) is 7.31. The number of carbonyl (C=O) groups is 1. The van der Waals surface area contributed by atoms with Crippen molar-refractivity contribution < 1.29 is 9.53 Å². The summed E-state index contributed by atoms with van der Waals surface area (Å²) in [6, 6.07) is 0. The molecule has 6 heteroatoms. The molecular formula is C9H7N3O2S. The molecule has 0 aromatic carbocycles. The zero-order chi connectivity index (χ0) is 10.7. The van der Waals surface area contributed by atoms with Crippen LogP contribution in [0.5, 0.6) is 5.19 Å². The molecule has 0 radical (unpaired) electrons. The fourth-order valence-corrected chi connectivity index (χ4v) is 1.62. The van der Waals surface area contributed by atoms with Crippen molar-refractivity contribution in [2.45, 2.75) is 0 Å². The number of rotatable bonds is 3. The summed E-state index contributed by atoms with van der Waals surface area (Å²) in [7, 11) is 1.51. The first kappa shape index (κ1) is 9.72. The molecule has 15 heavy (non-hydrogen) atoms.